The lowest BCUT2D eigenvalue weighted by atomic mass is 10.2. The summed E-state index contributed by atoms with van der Waals surface area (Å²) in [5.74, 6) is -0.608. The number of hydrogen-bond acceptors (Lipinski definition) is 4. The van der Waals surface area contributed by atoms with Crippen LogP contribution in [0.1, 0.15) is 24.0 Å². The van der Waals surface area contributed by atoms with E-state index in [-0.39, 0.29) is 25.4 Å². The van der Waals surface area contributed by atoms with Crippen molar-refractivity contribution in [3.63, 3.8) is 0 Å². The lowest BCUT2D eigenvalue weighted by Gasteiger charge is -2.09. The summed E-state index contributed by atoms with van der Waals surface area (Å²) in [5.41, 5.74) is 4.35. The molecule has 9 heteroatoms. The Morgan fingerprint density at radius 3 is 2.42 bits per heavy atom. The van der Waals surface area contributed by atoms with Gasteiger partial charge in [0.15, 0.2) is 0 Å². The molecule has 0 atom stereocenters. The number of ether oxygens (including phenoxy) is 1. The van der Waals surface area contributed by atoms with Crippen LogP contribution in [0.25, 0.3) is 0 Å². The number of rotatable bonds is 9. The Balaban J connectivity index is 1.47. The summed E-state index contributed by atoms with van der Waals surface area (Å²) >= 11 is 12.0. The van der Waals surface area contributed by atoms with Crippen LogP contribution in [0.5, 0.6) is 5.75 Å². The van der Waals surface area contributed by atoms with E-state index < -0.39 is 11.7 Å². The van der Waals surface area contributed by atoms with Crippen LogP contribution < -0.4 is 15.5 Å². The van der Waals surface area contributed by atoms with Gasteiger partial charge in [-0.3, -0.25) is 9.59 Å². The fourth-order valence-corrected chi connectivity index (χ4v) is 3.04. The van der Waals surface area contributed by atoms with Crippen molar-refractivity contribution in [3.05, 3.63) is 93.7 Å². The standard InChI is InChI=1S/C24H20Cl2FN3O3/c25-20-10-5-16(13-21(20)26)15-33-22-4-2-1-3-17(22)14-28-30-24(32)12-11-23(31)29-19-8-6-18(27)7-9-19/h1-10,13-14H,11-12,15H2,(H,29,31)(H,30,32). The van der Waals surface area contributed by atoms with E-state index in [2.05, 4.69) is 15.8 Å². The normalized spacial score (nSPS) is 10.8. The highest BCUT2D eigenvalue weighted by Crippen LogP contribution is 2.24. The highest BCUT2D eigenvalue weighted by Gasteiger charge is 2.08. The molecule has 2 amide bonds. The number of para-hydroxylation sites is 1. The smallest absolute Gasteiger partial charge is 0.240 e. The van der Waals surface area contributed by atoms with Crippen molar-refractivity contribution in [1.29, 1.82) is 0 Å². The molecule has 3 aromatic carbocycles. The maximum Gasteiger partial charge on any atom is 0.240 e. The largest absolute Gasteiger partial charge is 0.488 e. The van der Waals surface area contributed by atoms with Gasteiger partial charge in [-0.15, -0.1) is 0 Å². The van der Waals surface area contributed by atoms with Gasteiger partial charge in [-0.1, -0.05) is 41.4 Å². The van der Waals surface area contributed by atoms with Crippen molar-refractivity contribution in [1.82, 2.24) is 5.43 Å². The number of halogens is 3. The molecule has 33 heavy (non-hydrogen) atoms. The molecule has 0 bridgehead atoms. The zero-order valence-electron chi connectivity index (χ0n) is 17.4. The molecule has 2 N–H and O–H groups in total. The first kappa shape index (κ1) is 24.2. The van der Waals surface area contributed by atoms with Gasteiger partial charge in [0.25, 0.3) is 0 Å². The number of nitrogens with one attached hydrogen (secondary N) is 2. The van der Waals surface area contributed by atoms with Crippen LogP contribution in [0.4, 0.5) is 10.1 Å². The predicted molar refractivity (Wildman–Crippen MR) is 127 cm³/mol. The van der Waals surface area contributed by atoms with Gasteiger partial charge >= 0.3 is 0 Å². The van der Waals surface area contributed by atoms with Crippen LogP contribution >= 0.6 is 23.2 Å². The Morgan fingerprint density at radius 2 is 1.67 bits per heavy atom. The summed E-state index contributed by atoms with van der Waals surface area (Å²) in [4.78, 5) is 23.9. The molecule has 0 fully saturated rings. The molecule has 170 valence electrons. The van der Waals surface area contributed by atoms with Crippen LogP contribution in [0.15, 0.2) is 71.8 Å². The Bertz CT molecular complexity index is 1150. The number of benzene rings is 3. The summed E-state index contributed by atoms with van der Waals surface area (Å²) < 4.78 is 18.7. The Hall–Kier alpha value is -3.42. The number of amides is 2. The van der Waals surface area contributed by atoms with Gasteiger partial charge in [0.1, 0.15) is 18.2 Å². The van der Waals surface area contributed by atoms with Gasteiger partial charge < -0.3 is 10.1 Å². The zero-order chi connectivity index (χ0) is 23.6. The van der Waals surface area contributed by atoms with Gasteiger partial charge in [0, 0.05) is 24.1 Å². The van der Waals surface area contributed by atoms with Crippen LogP contribution in [-0.4, -0.2) is 18.0 Å². The summed E-state index contributed by atoms with van der Waals surface area (Å²) in [5, 5.41) is 7.44. The van der Waals surface area contributed by atoms with Gasteiger partial charge in [-0.05, 0) is 54.1 Å². The van der Waals surface area contributed by atoms with Gasteiger partial charge in [-0.25, -0.2) is 9.82 Å². The molecule has 0 aromatic heterocycles. The maximum absolute atomic E-state index is 12.9. The fraction of sp³-hybridized carbons (Fsp3) is 0.125. The van der Waals surface area contributed by atoms with Gasteiger partial charge in [0.2, 0.25) is 11.8 Å². The van der Waals surface area contributed by atoms with Crippen molar-refractivity contribution >= 4 is 46.9 Å². The Morgan fingerprint density at radius 1 is 0.939 bits per heavy atom. The third-order valence-electron chi connectivity index (χ3n) is 4.40. The molecule has 0 unspecified atom stereocenters. The number of anilines is 1. The average Bonchev–Trinajstić information content (AvgIpc) is 2.81. The van der Waals surface area contributed by atoms with Crippen molar-refractivity contribution in [2.45, 2.75) is 19.4 Å². The molecule has 0 saturated carbocycles. The average molecular weight is 488 g/mol. The van der Waals surface area contributed by atoms with E-state index in [1.165, 1.54) is 30.5 Å². The number of carbonyl (C=O) groups is 2. The Kier molecular flexibility index (Phi) is 8.80. The summed E-state index contributed by atoms with van der Waals surface area (Å²) in [6.07, 6.45) is 1.36. The van der Waals surface area contributed by atoms with E-state index in [4.69, 9.17) is 27.9 Å². The highest BCUT2D eigenvalue weighted by molar-refractivity contribution is 6.42. The number of nitrogens with zero attached hydrogens (tertiary/aromatic N) is 1. The van der Waals surface area contributed by atoms with Crippen molar-refractivity contribution in [2.24, 2.45) is 5.10 Å². The molecule has 0 heterocycles. The molecule has 0 spiro atoms. The van der Waals surface area contributed by atoms with E-state index in [9.17, 15) is 14.0 Å². The van der Waals surface area contributed by atoms with Crippen LogP contribution in [0.3, 0.4) is 0 Å². The molecule has 3 aromatic rings. The minimum atomic E-state index is -0.422. The van der Waals surface area contributed by atoms with E-state index >= 15 is 0 Å². The van der Waals surface area contributed by atoms with Crippen LogP contribution in [0.2, 0.25) is 10.0 Å². The molecular formula is C24H20Cl2FN3O3. The van der Waals surface area contributed by atoms with E-state index in [1.54, 1.807) is 24.3 Å². The lowest BCUT2D eigenvalue weighted by molar-refractivity contribution is -0.124. The zero-order valence-corrected chi connectivity index (χ0v) is 18.9. The summed E-state index contributed by atoms with van der Waals surface area (Å²) in [7, 11) is 0. The third-order valence-corrected chi connectivity index (χ3v) is 5.14. The molecule has 0 aliphatic rings. The van der Waals surface area contributed by atoms with Crippen molar-refractivity contribution < 1.29 is 18.7 Å². The van der Waals surface area contributed by atoms with E-state index in [0.29, 0.717) is 27.0 Å². The van der Waals surface area contributed by atoms with Gasteiger partial charge in [-0.2, -0.15) is 5.10 Å². The summed E-state index contributed by atoms with van der Waals surface area (Å²) in [6, 6.07) is 17.8. The van der Waals surface area contributed by atoms with Crippen LogP contribution in [0, 0.1) is 5.82 Å². The molecule has 6 nitrogen and oxygen atoms in total. The highest BCUT2D eigenvalue weighted by atomic mass is 35.5. The second-order valence-corrected chi connectivity index (χ2v) is 7.74. The molecule has 0 aliphatic heterocycles. The number of hydrazone groups is 1. The third kappa shape index (κ3) is 7.89. The van der Waals surface area contributed by atoms with E-state index in [0.717, 1.165) is 5.56 Å². The molecule has 0 aliphatic carbocycles. The monoisotopic (exact) mass is 487 g/mol. The van der Waals surface area contributed by atoms with E-state index in [1.807, 2.05) is 18.2 Å². The molecule has 0 radical (unpaired) electrons. The number of carbonyl (C=O) groups excluding carboxylic acids is 2. The lowest BCUT2D eigenvalue weighted by Crippen LogP contribution is -2.20. The Labute approximate surface area is 200 Å². The maximum atomic E-state index is 12.9. The first-order valence-electron chi connectivity index (χ1n) is 9.94. The van der Waals surface area contributed by atoms with Gasteiger partial charge in [0.05, 0.1) is 16.3 Å². The second kappa shape index (κ2) is 12.0. The fourth-order valence-electron chi connectivity index (χ4n) is 2.72. The SMILES string of the molecule is O=C(CCC(=O)Nc1ccc(F)cc1)NN=Cc1ccccc1OCc1ccc(Cl)c(Cl)c1. The van der Waals surface area contributed by atoms with Crippen LogP contribution in [-0.2, 0) is 16.2 Å². The first-order chi connectivity index (χ1) is 15.9. The van der Waals surface area contributed by atoms with Crippen molar-refractivity contribution in [3.8, 4) is 5.75 Å². The minimum absolute atomic E-state index is 0.0396. The molecule has 3 rings (SSSR count). The topological polar surface area (TPSA) is 79.8 Å². The predicted octanol–water partition coefficient (Wildman–Crippen LogP) is 5.58. The minimum Gasteiger partial charge on any atom is -0.488 e. The quantitative estimate of drug-likeness (QED) is 0.305. The molecule has 0 saturated heterocycles. The molecular weight excluding hydrogens is 468 g/mol. The second-order valence-electron chi connectivity index (χ2n) is 6.92. The first-order valence-corrected chi connectivity index (χ1v) is 10.7. The number of hydrogen-bond donors (Lipinski definition) is 2. The summed E-state index contributed by atoms with van der Waals surface area (Å²) in [6.45, 7) is 0.275. The van der Waals surface area contributed by atoms with Crippen molar-refractivity contribution in [2.75, 3.05) is 5.32 Å².